The maximum absolute atomic E-state index is 14.0. The smallest absolute Gasteiger partial charge is 0.389 e. The first-order chi connectivity index (χ1) is 11.9. The molecule has 0 spiro atoms. The molecule has 4 nitrogen and oxygen atoms in total. The van der Waals surface area contributed by atoms with Gasteiger partial charge in [-0.2, -0.15) is 13.2 Å². The van der Waals surface area contributed by atoms with Gasteiger partial charge in [-0.1, -0.05) is 12.1 Å². The number of allylic oxidation sites excluding steroid dienone is 1. The molecule has 0 radical (unpaired) electrons. The molecular weight excluding hydrogens is 383 g/mol. The number of alkyl halides is 5. The van der Waals surface area contributed by atoms with Gasteiger partial charge in [-0.05, 0) is 42.0 Å². The van der Waals surface area contributed by atoms with E-state index in [9.17, 15) is 40.6 Å². The van der Waals surface area contributed by atoms with Gasteiger partial charge < -0.3 is 10.2 Å². The quantitative estimate of drug-likeness (QED) is 0.751. The molecule has 1 unspecified atom stereocenters. The van der Waals surface area contributed by atoms with Gasteiger partial charge in [-0.25, -0.2) is 17.2 Å². The number of halogens is 5. The molecule has 144 valence electrons. The van der Waals surface area contributed by atoms with E-state index in [1.165, 1.54) is 6.08 Å². The van der Waals surface area contributed by atoms with Crippen molar-refractivity contribution in [2.45, 2.75) is 54.2 Å². The van der Waals surface area contributed by atoms with Gasteiger partial charge in [-0.15, -0.1) is 0 Å². The minimum atomic E-state index is -5.91. The van der Waals surface area contributed by atoms with Crippen LogP contribution in [0.25, 0.3) is 5.57 Å². The summed E-state index contributed by atoms with van der Waals surface area (Å²) in [7, 11) is -5.91. The number of fused-ring (bicyclic) bond motifs is 1. The van der Waals surface area contributed by atoms with Crippen LogP contribution in [0.2, 0.25) is 0 Å². The van der Waals surface area contributed by atoms with Crippen LogP contribution in [0.4, 0.5) is 22.0 Å². The average Bonchev–Trinajstić information content (AvgIpc) is 2.75. The lowest BCUT2D eigenvalue weighted by Gasteiger charge is -2.21. The first-order valence-electron chi connectivity index (χ1n) is 7.78. The molecule has 2 aliphatic carbocycles. The maximum Gasteiger partial charge on any atom is 0.501 e. The number of hydrogen-bond acceptors (Lipinski definition) is 4. The third-order valence-corrected chi connectivity index (χ3v) is 6.23. The van der Waals surface area contributed by atoms with E-state index in [4.69, 9.17) is 0 Å². The normalized spacial score (nSPS) is 25.7. The zero-order valence-electron chi connectivity index (χ0n) is 13.2. The second-order valence-electron chi connectivity index (χ2n) is 6.44. The summed E-state index contributed by atoms with van der Waals surface area (Å²) < 4.78 is 90.3. The largest absolute Gasteiger partial charge is 0.501 e. The van der Waals surface area contributed by atoms with Crippen molar-refractivity contribution in [3.63, 3.8) is 0 Å². The monoisotopic (exact) mass is 398 g/mol. The molecule has 1 aromatic rings. The fourth-order valence-electron chi connectivity index (χ4n) is 3.46. The minimum Gasteiger partial charge on any atom is -0.389 e. The van der Waals surface area contributed by atoms with Crippen LogP contribution >= 0.6 is 0 Å². The fraction of sp³-hybridized carbons (Fsp3) is 0.500. The van der Waals surface area contributed by atoms with Crippen LogP contribution in [0.3, 0.4) is 0 Å². The Labute approximate surface area is 145 Å². The summed E-state index contributed by atoms with van der Waals surface area (Å²) in [4.78, 5) is -1.36. The number of hydrogen-bond donors (Lipinski definition) is 2. The molecule has 2 atom stereocenters. The Balaban J connectivity index is 2.26. The molecule has 0 aliphatic heterocycles. The molecule has 10 heteroatoms. The molecule has 0 saturated heterocycles. The standard InChI is InChI=1S/C16H15F5O4S/c17-15(18)7-11-10(8-2-1-3-9(22)6-8)4-5-12(13(11)14(15)23)26(24,25)16(19,20)21/h4-6,9,14,22-23H,1-3,7H2/t9?,14-/m0/s1. The van der Waals surface area contributed by atoms with E-state index < -0.39 is 50.4 Å². The van der Waals surface area contributed by atoms with Crippen molar-refractivity contribution in [2.75, 3.05) is 0 Å². The van der Waals surface area contributed by atoms with Gasteiger partial charge in [0.05, 0.1) is 11.0 Å². The highest BCUT2D eigenvalue weighted by Crippen LogP contribution is 2.50. The maximum atomic E-state index is 14.0. The Morgan fingerprint density at radius 2 is 1.81 bits per heavy atom. The molecule has 0 fully saturated rings. The van der Waals surface area contributed by atoms with E-state index in [0.29, 0.717) is 30.9 Å². The summed E-state index contributed by atoms with van der Waals surface area (Å²) in [6.45, 7) is 0. The van der Waals surface area contributed by atoms with Crippen LogP contribution in [0, 0.1) is 0 Å². The first kappa shape index (κ1) is 19.2. The zero-order chi connectivity index (χ0) is 19.5. The van der Waals surface area contributed by atoms with Crippen molar-refractivity contribution < 1.29 is 40.6 Å². The Morgan fingerprint density at radius 3 is 2.38 bits per heavy atom. The molecule has 3 rings (SSSR count). The molecular formula is C16H15F5O4S. The fourth-order valence-corrected chi connectivity index (χ4v) is 4.48. The molecule has 0 aromatic heterocycles. The summed E-state index contributed by atoms with van der Waals surface area (Å²) in [5.41, 5.74) is -6.34. The second kappa shape index (κ2) is 6.00. The lowest BCUT2D eigenvalue weighted by atomic mass is 9.88. The predicted molar refractivity (Wildman–Crippen MR) is 81.1 cm³/mol. The SMILES string of the molecule is O=S(=O)(c1ccc(C2=CC(O)CCC2)c2c1[C@H](O)C(F)(F)C2)C(F)(F)F. The highest BCUT2D eigenvalue weighted by molar-refractivity contribution is 7.92. The molecule has 0 heterocycles. The Kier molecular flexibility index (Phi) is 4.44. The van der Waals surface area contributed by atoms with Crippen LogP contribution in [0.15, 0.2) is 23.1 Å². The Morgan fingerprint density at radius 1 is 1.15 bits per heavy atom. The van der Waals surface area contributed by atoms with Gasteiger partial charge >= 0.3 is 5.51 Å². The van der Waals surface area contributed by atoms with Crippen molar-refractivity contribution in [1.29, 1.82) is 0 Å². The van der Waals surface area contributed by atoms with Crippen molar-refractivity contribution in [2.24, 2.45) is 0 Å². The van der Waals surface area contributed by atoms with Crippen molar-refractivity contribution in [3.8, 4) is 0 Å². The molecule has 1 aromatic carbocycles. The lowest BCUT2D eigenvalue weighted by Crippen LogP contribution is -2.26. The van der Waals surface area contributed by atoms with E-state index in [0.717, 1.165) is 6.07 Å². The van der Waals surface area contributed by atoms with Gasteiger partial charge in [0.25, 0.3) is 15.8 Å². The van der Waals surface area contributed by atoms with Crippen molar-refractivity contribution in [3.05, 3.63) is 34.9 Å². The van der Waals surface area contributed by atoms with Gasteiger partial charge in [0, 0.05) is 12.0 Å². The highest BCUT2D eigenvalue weighted by atomic mass is 32.2. The Bertz CT molecular complexity index is 873. The van der Waals surface area contributed by atoms with Crippen LogP contribution < -0.4 is 0 Å². The van der Waals surface area contributed by atoms with E-state index in [1.54, 1.807) is 0 Å². The summed E-state index contributed by atoms with van der Waals surface area (Å²) in [5.74, 6) is -3.79. The number of sulfone groups is 1. The summed E-state index contributed by atoms with van der Waals surface area (Å²) in [5, 5.41) is 19.6. The number of benzene rings is 1. The second-order valence-corrected chi connectivity index (χ2v) is 8.35. The average molecular weight is 398 g/mol. The van der Waals surface area contributed by atoms with Crippen LogP contribution in [0.5, 0.6) is 0 Å². The van der Waals surface area contributed by atoms with Gasteiger partial charge in [0.15, 0.2) is 0 Å². The predicted octanol–water partition coefficient (Wildman–Crippen LogP) is 3.13. The summed E-state index contributed by atoms with van der Waals surface area (Å²) >= 11 is 0. The topological polar surface area (TPSA) is 74.6 Å². The zero-order valence-corrected chi connectivity index (χ0v) is 14.0. The van der Waals surface area contributed by atoms with Crippen LogP contribution in [0.1, 0.15) is 42.1 Å². The van der Waals surface area contributed by atoms with E-state index >= 15 is 0 Å². The van der Waals surface area contributed by atoms with Crippen LogP contribution in [-0.2, 0) is 16.3 Å². The minimum absolute atomic E-state index is 0.135. The number of rotatable bonds is 2. The molecule has 2 N–H and O–H groups in total. The third-order valence-electron chi connectivity index (χ3n) is 4.68. The molecule has 0 saturated carbocycles. The first-order valence-corrected chi connectivity index (χ1v) is 9.27. The van der Waals surface area contributed by atoms with Crippen molar-refractivity contribution >= 4 is 15.4 Å². The van der Waals surface area contributed by atoms with E-state index in [-0.39, 0.29) is 11.1 Å². The van der Waals surface area contributed by atoms with Crippen LogP contribution in [-0.4, -0.2) is 36.2 Å². The molecule has 0 amide bonds. The lowest BCUT2D eigenvalue weighted by molar-refractivity contribution is -0.0978. The number of aliphatic hydroxyl groups excluding tert-OH is 2. The summed E-state index contributed by atoms with van der Waals surface area (Å²) in [6.07, 6.45) is -1.73. The molecule has 0 bridgehead atoms. The van der Waals surface area contributed by atoms with Gasteiger partial charge in [0.1, 0.15) is 6.10 Å². The van der Waals surface area contributed by atoms with Gasteiger partial charge in [-0.3, -0.25) is 0 Å². The Hall–Kier alpha value is -1.52. The summed E-state index contributed by atoms with van der Waals surface area (Å²) in [6, 6.07) is 1.64. The molecule has 26 heavy (non-hydrogen) atoms. The van der Waals surface area contributed by atoms with E-state index in [2.05, 4.69) is 0 Å². The number of aliphatic hydroxyl groups is 2. The third kappa shape index (κ3) is 2.93. The van der Waals surface area contributed by atoms with Crippen molar-refractivity contribution in [1.82, 2.24) is 0 Å². The molecule has 2 aliphatic rings. The van der Waals surface area contributed by atoms with E-state index in [1.807, 2.05) is 0 Å². The highest BCUT2D eigenvalue weighted by Gasteiger charge is 2.54. The van der Waals surface area contributed by atoms with Gasteiger partial charge in [0.2, 0.25) is 0 Å².